The van der Waals surface area contributed by atoms with Gasteiger partial charge in [0.1, 0.15) is 55.6 Å². The molecule has 0 aromatic heterocycles. The predicted octanol–water partition coefficient (Wildman–Crippen LogP) is 15.7. The van der Waals surface area contributed by atoms with E-state index >= 15 is 0 Å². The fraction of sp³-hybridized carbons (Fsp3) is 0.855. The number of hydrogen-bond donors (Lipinski definition) is 12. The van der Waals surface area contributed by atoms with E-state index in [1.807, 2.05) is 6.92 Å². The van der Waals surface area contributed by atoms with E-state index < -0.39 is 53.8 Å². The fourth-order valence-corrected chi connectivity index (χ4v) is 18.4. The minimum absolute atomic E-state index is 0.000662. The third kappa shape index (κ3) is 82.0. The molecule has 0 aromatic carbocycles. The maximum atomic E-state index is 13.3. The molecule has 0 heterocycles. The lowest BCUT2D eigenvalue weighted by atomic mass is 9.78. The van der Waals surface area contributed by atoms with Crippen LogP contribution in [0.3, 0.4) is 0 Å². The Morgan fingerprint density at radius 1 is 0.267 bits per heavy atom. The minimum Gasteiger partial charge on any atom is -0.481 e. The summed E-state index contributed by atoms with van der Waals surface area (Å²) in [6.45, 7) is 5.76. The van der Waals surface area contributed by atoms with Crippen LogP contribution in [0.5, 0.6) is 0 Å². The Bertz CT molecular complexity index is 3490. The highest BCUT2D eigenvalue weighted by molar-refractivity contribution is 5.88. The second kappa shape index (κ2) is 94.4. The summed E-state index contributed by atoms with van der Waals surface area (Å²) in [6, 6.07) is -1.63. The number of carboxylic acid groups (broad SMARTS) is 5. The van der Waals surface area contributed by atoms with Crippen molar-refractivity contribution in [1.29, 1.82) is 0 Å². The number of ketones is 5. The van der Waals surface area contributed by atoms with E-state index in [4.69, 9.17) is 48.1 Å². The molecule has 2 fully saturated rings. The Morgan fingerprint density at radius 3 is 1.08 bits per heavy atom. The standard InChI is InChI=1S/C110H193N7O29/c1-2-111-96(45-36-38-66-113-103(126)85-146-80-76-142-72-68-115-104(127)86-145-79-73-139-69-39-43-94(119)61-62-97(110(137)138)117-107(132)90-56-49-87(50-57-90)53-60-93(118)42-31-27-23-19-15-11-7-3-5-9-13-17-21-25-29-33-47-105(128)129)98(121)63-58-91(108(133)134)41-35-37-65-112-102(125)84-144-78-74-140-70-40-44-95(120)83-143-77-75-141-71-67-114-101(124)64-59-92(109(135)136)81-99(122)89-54-51-88(52-55-89)82-116-100(123)46-32-28-24-20-16-12-8-4-6-10-14-18-22-26-30-34-48-106(130)131/h87-92,96-97,111H,2-86H2,1H3,(H,112,125)(H,113,126)(H,114,124)(H,115,127)(H,116,123)(H,117,132)(H,128,129)(H,130,131)(H,133,134)(H,135,136)(H,137,138)/t87?,88?,89?,90?,91-,92-,96+,97+/m1/s1. The van der Waals surface area contributed by atoms with Crippen molar-refractivity contribution >= 4 is 94.2 Å². The van der Waals surface area contributed by atoms with E-state index in [1.54, 1.807) is 0 Å². The van der Waals surface area contributed by atoms with Gasteiger partial charge in [-0.3, -0.25) is 71.9 Å². The van der Waals surface area contributed by atoms with Gasteiger partial charge in [0.25, 0.3) is 0 Å². The second-order valence-corrected chi connectivity index (χ2v) is 40.1. The molecule has 6 amide bonds. The zero-order valence-corrected chi connectivity index (χ0v) is 89.3. The number of ether oxygens (including phenoxy) is 8. The van der Waals surface area contributed by atoms with Gasteiger partial charge in [-0.05, 0) is 166 Å². The van der Waals surface area contributed by atoms with Crippen molar-refractivity contribution in [3.8, 4) is 0 Å². The van der Waals surface area contributed by atoms with Gasteiger partial charge in [0, 0.05) is 128 Å². The van der Waals surface area contributed by atoms with Gasteiger partial charge in [-0.25, -0.2) is 4.79 Å². The lowest BCUT2D eigenvalue weighted by molar-refractivity contribution is -0.145. The zero-order chi connectivity index (χ0) is 107. The molecule has 2 aliphatic carbocycles. The van der Waals surface area contributed by atoms with Gasteiger partial charge < -0.3 is 101 Å². The Hall–Kier alpha value is -7.84. The first-order chi connectivity index (χ1) is 70.8. The number of likely N-dealkylation sites (N-methyl/N-ethyl adjacent to an activating group) is 1. The first-order valence-corrected chi connectivity index (χ1v) is 56.5. The largest absolute Gasteiger partial charge is 0.481 e. The summed E-state index contributed by atoms with van der Waals surface area (Å²) in [4.78, 5) is 197. The SMILES string of the molecule is CCN[C@@H](CCCCNC(=O)COCCOCCNC(=O)COCCOCCCC(=O)CC[C@H](NC(=O)C1CCC(CCC(=O)CCCCCCCCCCCCCCCCCCC(=O)O)CC1)C(=O)O)C(=O)CC[C@@H](CCCCNC(=O)COCCOCCCC(=O)COCCOCCNC(=O)CC[C@H](CC(=O)C1CCC(CNC(=O)CCCCCCCCCCCCCCCCCCC(=O)O)CC1)C(=O)O)C(=O)O. The van der Waals surface area contributed by atoms with Crippen LogP contribution >= 0.6 is 0 Å². The topological polar surface area (TPSA) is 532 Å². The molecule has 36 heteroatoms. The van der Waals surface area contributed by atoms with Gasteiger partial charge in [0.05, 0.1) is 83.9 Å². The molecule has 0 saturated heterocycles. The Morgan fingerprint density at radius 2 is 0.630 bits per heavy atom. The van der Waals surface area contributed by atoms with Crippen LogP contribution in [0.25, 0.3) is 0 Å². The molecular formula is C110H193N7O29. The molecule has 4 atom stereocenters. The van der Waals surface area contributed by atoms with Gasteiger partial charge >= 0.3 is 29.8 Å². The minimum atomic E-state index is -1.19. The average molecular weight is 2080 g/mol. The normalized spacial score (nSPS) is 15.4. The lowest BCUT2D eigenvalue weighted by Crippen LogP contribution is -2.44. The highest BCUT2D eigenvalue weighted by atomic mass is 16.5. The van der Waals surface area contributed by atoms with Crippen LogP contribution in [0.1, 0.15) is 411 Å². The summed E-state index contributed by atoms with van der Waals surface area (Å²) < 4.78 is 43.7. The highest BCUT2D eigenvalue weighted by Crippen LogP contribution is 2.34. The van der Waals surface area contributed by atoms with Crippen LogP contribution in [-0.4, -0.2) is 277 Å². The number of Topliss-reactive ketones (excluding diaryl/α,β-unsaturated/α-hetero) is 5. The van der Waals surface area contributed by atoms with E-state index in [0.29, 0.717) is 141 Å². The van der Waals surface area contributed by atoms with Gasteiger partial charge in [-0.15, -0.1) is 0 Å². The number of amides is 6. The lowest BCUT2D eigenvalue weighted by Gasteiger charge is -2.28. The van der Waals surface area contributed by atoms with Gasteiger partial charge in [-0.2, -0.15) is 0 Å². The molecule has 0 aliphatic heterocycles. The van der Waals surface area contributed by atoms with Crippen molar-refractivity contribution < 1.29 is 140 Å². The Labute approximate surface area is 871 Å². The van der Waals surface area contributed by atoms with Crippen LogP contribution in [0.4, 0.5) is 0 Å². The van der Waals surface area contributed by atoms with E-state index in [-0.39, 0.29) is 259 Å². The van der Waals surface area contributed by atoms with Crippen LogP contribution in [0.2, 0.25) is 0 Å². The Kier molecular flexibility index (Phi) is 86.7. The molecule has 0 aromatic rings. The van der Waals surface area contributed by atoms with Crippen LogP contribution in [-0.2, 0) is 115 Å². The maximum Gasteiger partial charge on any atom is 0.326 e. The summed E-state index contributed by atoms with van der Waals surface area (Å²) in [6.07, 6.45) is 50.7. The van der Waals surface area contributed by atoms with Gasteiger partial charge in [0.15, 0.2) is 5.78 Å². The van der Waals surface area contributed by atoms with Crippen molar-refractivity contribution in [2.24, 2.45) is 35.5 Å². The van der Waals surface area contributed by atoms with Crippen molar-refractivity contribution in [2.75, 3.05) is 145 Å². The monoisotopic (exact) mass is 2080 g/mol. The van der Waals surface area contributed by atoms with Crippen LogP contribution in [0.15, 0.2) is 0 Å². The summed E-state index contributed by atoms with van der Waals surface area (Å²) in [5.41, 5.74) is 0. The summed E-state index contributed by atoms with van der Waals surface area (Å²) in [5, 5.41) is 67.0. The third-order valence-corrected chi connectivity index (χ3v) is 27.5. The van der Waals surface area contributed by atoms with Gasteiger partial charge in [0.2, 0.25) is 35.4 Å². The maximum absolute atomic E-state index is 13.3. The number of unbranched alkanes of at least 4 members (excludes halogenated alkanes) is 32. The third-order valence-electron chi connectivity index (χ3n) is 27.5. The van der Waals surface area contributed by atoms with Crippen molar-refractivity contribution in [3.63, 3.8) is 0 Å². The molecule has 2 saturated carbocycles. The van der Waals surface area contributed by atoms with Crippen molar-refractivity contribution in [3.05, 3.63) is 0 Å². The molecule has 0 unspecified atom stereocenters. The van der Waals surface area contributed by atoms with E-state index in [9.17, 15) is 92.0 Å². The van der Waals surface area contributed by atoms with E-state index in [2.05, 4.69) is 37.2 Å². The smallest absolute Gasteiger partial charge is 0.326 e. The number of carbonyl (C=O) groups excluding carboxylic acids is 11. The van der Waals surface area contributed by atoms with E-state index in [0.717, 1.165) is 103 Å². The first kappa shape index (κ1) is 134. The summed E-state index contributed by atoms with van der Waals surface area (Å²) in [7, 11) is 0. The quantitative estimate of drug-likeness (QED) is 0.0252. The first-order valence-electron chi connectivity index (χ1n) is 56.5. The molecule has 2 rings (SSSR count). The average Bonchev–Trinajstić information content (AvgIpc) is 0.864. The molecule has 146 heavy (non-hydrogen) atoms. The van der Waals surface area contributed by atoms with Crippen molar-refractivity contribution in [2.45, 2.75) is 424 Å². The molecule has 0 radical (unpaired) electrons. The number of hydrogen-bond acceptors (Lipinski definition) is 25. The molecule has 12 N–H and O–H groups in total. The molecule has 36 nitrogen and oxygen atoms in total. The summed E-state index contributed by atoms with van der Waals surface area (Å²) >= 11 is 0. The molecular weight excluding hydrogens is 1880 g/mol. The number of rotatable bonds is 107. The molecule has 0 bridgehead atoms. The van der Waals surface area contributed by atoms with Crippen LogP contribution < -0.4 is 37.2 Å². The number of aliphatic carboxylic acids is 5. The number of carbonyl (C=O) groups is 16. The van der Waals surface area contributed by atoms with Crippen LogP contribution in [0, 0.1) is 35.5 Å². The Balaban J connectivity index is 1.36. The van der Waals surface area contributed by atoms with E-state index in [1.165, 1.54) is 135 Å². The number of carboxylic acids is 5. The fourth-order valence-electron chi connectivity index (χ4n) is 18.4. The second-order valence-electron chi connectivity index (χ2n) is 40.1. The molecule has 842 valence electrons. The van der Waals surface area contributed by atoms with Gasteiger partial charge in [-0.1, -0.05) is 193 Å². The zero-order valence-electron chi connectivity index (χ0n) is 89.3. The van der Waals surface area contributed by atoms with Crippen molar-refractivity contribution in [1.82, 2.24) is 37.2 Å². The summed E-state index contributed by atoms with van der Waals surface area (Å²) in [5.74, 6) is -7.96. The molecule has 2 aliphatic rings. The predicted molar refractivity (Wildman–Crippen MR) is 556 cm³/mol. The molecule has 0 spiro atoms. The number of nitrogens with one attached hydrogen (secondary N) is 7. The highest BCUT2D eigenvalue weighted by Gasteiger charge is 2.33.